The summed E-state index contributed by atoms with van der Waals surface area (Å²) in [6.45, 7) is 3.95. The van der Waals surface area contributed by atoms with E-state index in [1.165, 1.54) is 13.8 Å². The fourth-order valence-electron chi connectivity index (χ4n) is 2.58. The van der Waals surface area contributed by atoms with Crippen molar-refractivity contribution in [3.63, 3.8) is 0 Å². The first kappa shape index (κ1) is 17.8. The van der Waals surface area contributed by atoms with E-state index in [2.05, 4.69) is 0 Å². The van der Waals surface area contributed by atoms with Gasteiger partial charge in [0.25, 0.3) is 0 Å². The van der Waals surface area contributed by atoms with Crippen LogP contribution in [0.2, 0.25) is 0 Å². The topological polar surface area (TPSA) is 46.5 Å². The van der Waals surface area contributed by atoms with Crippen molar-refractivity contribution in [1.82, 2.24) is 0 Å². The molecule has 6 heteroatoms. The summed E-state index contributed by atoms with van der Waals surface area (Å²) in [5.41, 5.74) is -0.671. The van der Waals surface area contributed by atoms with Gasteiger partial charge in [-0.25, -0.2) is 4.79 Å². The van der Waals surface area contributed by atoms with Crippen molar-refractivity contribution in [2.24, 2.45) is 0 Å². The van der Waals surface area contributed by atoms with E-state index in [-0.39, 0.29) is 28.9 Å². The van der Waals surface area contributed by atoms with Gasteiger partial charge in [-0.15, -0.1) is 0 Å². The number of rotatable bonds is 3. The molecule has 3 nitrogen and oxygen atoms in total. The van der Waals surface area contributed by atoms with Crippen molar-refractivity contribution in [3.05, 3.63) is 63.7 Å². The average molecular weight is 338 g/mol. The summed E-state index contributed by atoms with van der Waals surface area (Å²) >= 11 is 0. The van der Waals surface area contributed by atoms with Gasteiger partial charge in [0.05, 0.1) is 5.56 Å². The molecule has 0 aliphatic rings. The lowest BCUT2D eigenvalue weighted by atomic mass is 9.92. The molecule has 2 aromatic rings. The van der Waals surface area contributed by atoms with E-state index in [1.807, 2.05) is 0 Å². The molecule has 0 saturated heterocycles. The molecule has 24 heavy (non-hydrogen) atoms. The Morgan fingerprint density at radius 1 is 1.04 bits per heavy atom. The molecule has 0 spiro atoms. The van der Waals surface area contributed by atoms with E-state index in [9.17, 15) is 23.1 Å². The highest BCUT2D eigenvalue weighted by molar-refractivity contribution is 5.94. The standard InChI is InChI=1S/C18H17F3O3/c1-10-11(2)16(22)15(18(19,20)21)12(3)14(10)17(23)24-9-13-7-5-4-6-8-13/h4-8,22H,9H2,1-3H3. The molecule has 0 unspecified atom stereocenters. The SMILES string of the molecule is Cc1c(C)c(C(=O)OCc2ccccc2)c(C)c(C(F)(F)F)c1O. The van der Waals surface area contributed by atoms with Gasteiger partial charge in [-0.2, -0.15) is 13.2 Å². The molecule has 0 heterocycles. The van der Waals surface area contributed by atoms with E-state index in [0.717, 1.165) is 12.5 Å². The zero-order valence-corrected chi connectivity index (χ0v) is 13.5. The molecule has 0 amide bonds. The van der Waals surface area contributed by atoms with E-state index >= 15 is 0 Å². The van der Waals surface area contributed by atoms with Crippen molar-refractivity contribution >= 4 is 5.97 Å². The number of hydrogen-bond donors (Lipinski definition) is 1. The molecular formula is C18H17F3O3. The predicted octanol–water partition coefficient (Wildman–Crippen LogP) is 4.69. The maximum absolute atomic E-state index is 13.2. The highest BCUT2D eigenvalue weighted by Crippen LogP contribution is 2.42. The van der Waals surface area contributed by atoms with E-state index in [0.29, 0.717) is 0 Å². The lowest BCUT2D eigenvalue weighted by Crippen LogP contribution is -2.16. The van der Waals surface area contributed by atoms with Gasteiger partial charge in [-0.05, 0) is 43.0 Å². The second kappa shape index (κ2) is 6.55. The van der Waals surface area contributed by atoms with Crippen molar-refractivity contribution in [1.29, 1.82) is 0 Å². The first-order valence-electron chi connectivity index (χ1n) is 7.25. The Morgan fingerprint density at radius 3 is 2.17 bits per heavy atom. The van der Waals surface area contributed by atoms with Crippen molar-refractivity contribution in [3.8, 4) is 5.75 Å². The van der Waals surface area contributed by atoms with Gasteiger partial charge in [-0.3, -0.25) is 0 Å². The fourth-order valence-corrected chi connectivity index (χ4v) is 2.58. The summed E-state index contributed by atoms with van der Waals surface area (Å²) < 4.78 is 44.8. The fraction of sp³-hybridized carbons (Fsp3) is 0.278. The Kier molecular flexibility index (Phi) is 4.87. The Labute approximate surface area is 137 Å². The smallest absolute Gasteiger partial charge is 0.420 e. The summed E-state index contributed by atoms with van der Waals surface area (Å²) in [6, 6.07) is 8.84. The third-order valence-corrected chi connectivity index (χ3v) is 3.98. The van der Waals surface area contributed by atoms with Crippen molar-refractivity contribution in [2.75, 3.05) is 0 Å². The maximum Gasteiger partial charge on any atom is 0.420 e. The molecule has 2 aromatic carbocycles. The lowest BCUT2D eigenvalue weighted by Gasteiger charge is -2.20. The third kappa shape index (κ3) is 3.37. The molecule has 0 aliphatic heterocycles. The predicted molar refractivity (Wildman–Crippen MR) is 82.9 cm³/mol. The monoisotopic (exact) mass is 338 g/mol. The summed E-state index contributed by atoms with van der Waals surface area (Å²) in [6.07, 6.45) is -4.76. The molecular weight excluding hydrogens is 321 g/mol. The van der Waals surface area contributed by atoms with E-state index in [1.54, 1.807) is 30.3 Å². The average Bonchev–Trinajstić information content (AvgIpc) is 2.50. The van der Waals surface area contributed by atoms with E-state index < -0.39 is 23.5 Å². The van der Waals surface area contributed by atoms with Crippen LogP contribution in [-0.4, -0.2) is 11.1 Å². The number of benzene rings is 2. The zero-order chi connectivity index (χ0) is 18.1. The van der Waals surface area contributed by atoms with Crippen LogP contribution in [0.3, 0.4) is 0 Å². The summed E-state index contributed by atoms with van der Waals surface area (Å²) in [4.78, 5) is 12.3. The van der Waals surface area contributed by atoms with Crippen molar-refractivity contribution in [2.45, 2.75) is 33.6 Å². The van der Waals surface area contributed by atoms with Gasteiger partial charge in [0, 0.05) is 0 Å². The van der Waals surface area contributed by atoms with Gasteiger partial charge >= 0.3 is 12.1 Å². The Bertz CT molecular complexity index is 766. The number of aromatic hydroxyl groups is 1. The number of alkyl halides is 3. The second-order valence-corrected chi connectivity index (χ2v) is 5.53. The van der Waals surface area contributed by atoms with Crippen LogP contribution < -0.4 is 0 Å². The minimum atomic E-state index is -4.76. The normalized spacial score (nSPS) is 11.4. The number of ether oxygens (including phenoxy) is 1. The number of esters is 1. The maximum atomic E-state index is 13.2. The lowest BCUT2D eigenvalue weighted by molar-refractivity contribution is -0.139. The molecule has 0 saturated carbocycles. The second-order valence-electron chi connectivity index (χ2n) is 5.53. The highest BCUT2D eigenvalue weighted by Gasteiger charge is 2.39. The molecule has 0 aliphatic carbocycles. The number of halogens is 3. The van der Waals surface area contributed by atoms with Crippen LogP contribution in [-0.2, 0) is 17.5 Å². The molecule has 128 valence electrons. The van der Waals surface area contributed by atoms with Gasteiger partial charge < -0.3 is 9.84 Å². The number of phenols is 1. The van der Waals surface area contributed by atoms with Gasteiger partial charge in [0.1, 0.15) is 17.9 Å². The molecule has 2 rings (SSSR count). The van der Waals surface area contributed by atoms with Crippen LogP contribution in [0, 0.1) is 20.8 Å². The molecule has 0 atom stereocenters. The summed E-state index contributed by atoms with van der Waals surface area (Å²) in [7, 11) is 0. The van der Waals surface area contributed by atoms with E-state index in [4.69, 9.17) is 4.74 Å². The first-order chi connectivity index (χ1) is 11.1. The molecule has 0 bridgehead atoms. The number of phenolic OH excluding ortho intramolecular Hbond substituents is 1. The van der Waals surface area contributed by atoms with Crippen LogP contribution in [0.5, 0.6) is 5.75 Å². The first-order valence-corrected chi connectivity index (χ1v) is 7.25. The molecule has 0 aromatic heterocycles. The van der Waals surface area contributed by atoms with Crippen LogP contribution in [0.25, 0.3) is 0 Å². The summed E-state index contributed by atoms with van der Waals surface area (Å²) in [5.74, 6) is -1.69. The Hall–Kier alpha value is -2.50. The van der Waals surface area contributed by atoms with Crippen LogP contribution in [0.15, 0.2) is 30.3 Å². The quantitative estimate of drug-likeness (QED) is 0.826. The molecule has 1 N–H and O–H groups in total. The largest absolute Gasteiger partial charge is 0.507 e. The van der Waals surface area contributed by atoms with Crippen LogP contribution >= 0.6 is 0 Å². The summed E-state index contributed by atoms with van der Waals surface area (Å²) in [5, 5.41) is 9.84. The molecule has 0 radical (unpaired) electrons. The zero-order valence-electron chi connectivity index (χ0n) is 13.5. The Morgan fingerprint density at radius 2 is 1.62 bits per heavy atom. The van der Waals surface area contributed by atoms with Gasteiger partial charge in [-0.1, -0.05) is 30.3 Å². The minimum absolute atomic E-state index is 0.0135. The van der Waals surface area contributed by atoms with Gasteiger partial charge in [0.2, 0.25) is 0 Å². The number of hydrogen-bond acceptors (Lipinski definition) is 3. The van der Waals surface area contributed by atoms with Crippen molar-refractivity contribution < 1.29 is 27.8 Å². The third-order valence-electron chi connectivity index (χ3n) is 3.98. The highest BCUT2D eigenvalue weighted by atomic mass is 19.4. The minimum Gasteiger partial charge on any atom is -0.507 e. The van der Waals surface area contributed by atoms with Crippen LogP contribution in [0.4, 0.5) is 13.2 Å². The number of carbonyl (C=O) groups excluding carboxylic acids is 1. The number of carbonyl (C=O) groups is 1. The van der Waals surface area contributed by atoms with Crippen LogP contribution in [0.1, 0.15) is 38.2 Å². The molecule has 0 fully saturated rings. The van der Waals surface area contributed by atoms with Gasteiger partial charge in [0.15, 0.2) is 0 Å². The Balaban J connectivity index is 2.42.